The van der Waals surface area contributed by atoms with E-state index in [-0.39, 0.29) is 60.6 Å². The summed E-state index contributed by atoms with van der Waals surface area (Å²) in [4.78, 5) is 56.0. The molecule has 0 aliphatic carbocycles. The van der Waals surface area contributed by atoms with Crippen molar-refractivity contribution in [3.05, 3.63) is 131 Å². The quantitative estimate of drug-likeness (QED) is 0.133. The first kappa shape index (κ1) is 46.8. The predicted octanol–water partition coefficient (Wildman–Crippen LogP) is 7.95. The van der Waals surface area contributed by atoms with Crippen LogP contribution in [-0.4, -0.2) is 112 Å². The molecule has 3 aliphatic heterocycles. The lowest BCUT2D eigenvalue weighted by Gasteiger charge is -2.38. The van der Waals surface area contributed by atoms with Crippen molar-refractivity contribution < 1.29 is 37.4 Å². The van der Waals surface area contributed by atoms with Gasteiger partial charge in [-0.15, -0.1) is 12.4 Å². The molecule has 15 heteroatoms. The number of aromatic nitrogens is 2. The summed E-state index contributed by atoms with van der Waals surface area (Å²) in [5.41, 5.74) is 9.78. The van der Waals surface area contributed by atoms with E-state index in [1.807, 2.05) is 73.8 Å². The minimum absolute atomic E-state index is 0. The second-order valence-electron chi connectivity index (χ2n) is 16.8. The first-order chi connectivity index (χ1) is 29.8. The molecule has 5 aromatic rings. The Hall–Kier alpha value is -5.67. The van der Waals surface area contributed by atoms with Crippen LogP contribution >= 0.6 is 12.4 Å². The number of nitrogens with zero attached hydrogens (tertiary/aromatic N) is 5. The highest BCUT2D eigenvalue weighted by Gasteiger charge is 2.36. The van der Waals surface area contributed by atoms with Crippen LogP contribution in [0.1, 0.15) is 81.0 Å². The Labute approximate surface area is 372 Å². The van der Waals surface area contributed by atoms with Crippen molar-refractivity contribution in [1.82, 2.24) is 23.8 Å². The highest BCUT2D eigenvalue weighted by atomic mass is 35.5. The van der Waals surface area contributed by atoms with Crippen LogP contribution in [0.25, 0.3) is 21.8 Å². The third-order valence-corrected chi connectivity index (χ3v) is 12.8. The van der Waals surface area contributed by atoms with E-state index in [9.17, 15) is 28.0 Å². The fourth-order valence-corrected chi connectivity index (χ4v) is 8.37. The van der Waals surface area contributed by atoms with Gasteiger partial charge in [-0.1, -0.05) is 12.1 Å². The van der Waals surface area contributed by atoms with Gasteiger partial charge in [-0.2, -0.15) is 0 Å². The number of rotatable bonds is 11. The normalized spacial score (nSPS) is 17.4. The number of methoxy groups -OCH3 is 2. The second-order valence-corrected chi connectivity index (χ2v) is 16.8. The fourth-order valence-electron chi connectivity index (χ4n) is 8.37. The summed E-state index contributed by atoms with van der Waals surface area (Å²) in [6.07, 6.45) is 7.99. The molecule has 0 spiro atoms. The summed E-state index contributed by atoms with van der Waals surface area (Å²) in [6, 6.07) is 21.6. The summed E-state index contributed by atoms with van der Waals surface area (Å²) in [5, 5.41) is 1.82. The molecule has 0 radical (unpaired) electrons. The van der Waals surface area contributed by atoms with Crippen molar-refractivity contribution in [2.45, 2.75) is 63.8 Å². The van der Waals surface area contributed by atoms with E-state index in [1.54, 1.807) is 44.6 Å². The Morgan fingerprint density at radius 2 is 1.06 bits per heavy atom. The van der Waals surface area contributed by atoms with Crippen molar-refractivity contribution in [2.24, 2.45) is 5.73 Å². The van der Waals surface area contributed by atoms with Gasteiger partial charge in [0.25, 0.3) is 23.6 Å². The van der Waals surface area contributed by atoms with Crippen molar-refractivity contribution in [2.75, 3.05) is 53.5 Å². The number of ether oxygens (including phenoxy) is 2. The number of piperidine rings is 2. The first-order valence-corrected chi connectivity index (χ1v) is 20.9. The molecular formula is C48H55ClF2N6O6. The maximum atomic E-state index is 13.9. The van der Waals surface area contributed by atoms with Gasteiger partial charge in [-0.05, 0) is 111 Å². The van der Waals surface area contributed by atoms with E-state index in [0.29, 0.717) is 73.2 Å². The monoisotopic (exact) mass is 884 g/mol. The molecule has 5 heterocycles. The van der Waals surface area contributed by atoms with Crippen molar-refractivity contribution in [3.63, 3.8) is 0 Å². The van der Waals surface area contributed by atoms with E-state index in [2.05, 4.69) is 13.8 Å². The number of carbonyl (C=O) groups excluding carboxylic acids is 4. The SMILES string of the molecule is COC1(C)CCN(C(=O)c2ccc3c(ccn3C/C(=C/F)CN)c2)CC1.COC1(C)CCN(C(=O)c2ccc3c(ccn3C/C(=C/F)CN3C(=O)c4ccccc4C3=O)c2)CC1.Cl. The number of likely N-dealkylation sites (tertiary alicyclic amines) is 2. The summed E-state index contributed by atoms with van der Waals surface area (Å²) in [5.74, 6) is -0.806. The highest BCUT2D eigenvalue weighted by molar-refractivity contribution is 6.21. The third kappa shape index (κ3) is 9.94. The number of fused-ring (bicyclic) bond motifs is 3. The highest BCUT2D eigenvalue weighted by Crippen LogP contribution is 2.29. The number of halogens is 3. The summed E-state index contributed by atoms with van der Waals surface area (Å²) < 4.78 is 41.5. The number of nitrogens with two attached hydrogens (primary N) is 1. The Balaban J connectivity index is 0.000000217. The molecule has 2 N–H and O–H groups in total. The molecule has 2 aromatic heterocycles. The first-order valence-electron chi connectivity index (χ1n) is 20.9. The van der Waals surface area contributed by atoms with Gasteiger partial charge in [-0.3, -0.25) is 24.1 Å². The van der Waals surface area contributed by atoms with Gasteiger partial charge in [0, 0.05) is 105 Å². The Morgan fingerprint density at radius 3 is 1.44 bits per heavy atom. The molecule has 63 heavy (non-hydrogen) atoms. The lowest BCUT2D eigenvalue weighted by molar-refractivity contribution is -0.0384. The molecule has 0 atom stereocenters. The smallest absolute Gasteiger partial charge is 0.261 e. The lowest BCUT2D eigenvalue weighted by atomic mass is 9.93. The number of amides is 4. The fraction of sp³-hybridized carbons (Fsp3) is 0.375. The van der Waals surface area contributed by atoms with Gasteiger partial charge in [0.1, 0.15) is 0 Å². The van der Waals surface area contributed by atoms with Crippen LogP contribution < -0.4 is 5.73 Å². The molecule has 0 bridgehead atoms. The molecule has 0 unspecified atom stereocenters. The molecule has 8 rings (SSSR count). The van der Waals surface area contributed by atoms with Crippen LogP contribution in [0.15, 0.2) is 109 Å². The van der Waals surface area contributed by atoms with E-state index in [1.165, 1.54) is 0 Å². The van der Waals surface area contributed by atoms with Gasteiger partial charge in [0.05, 0.1) is 41.5 Å². The van der Waals surface area contributed by atoms with E-state index < -0.39 is 11.8 Å². The van der Waals surface area contributed by atoms with Crippen LogP contribution in [0.2, 0.25) is 0 Å². The summed E-state index contributed by atoms with van der Waals surface area (Å²) >= 11 is 0. The second kappa shape index (κ2) is 19.8. The van der Waals surface area contributed by atoms with Gasteiger partial charge >= 0.3 is 0 Å². The largest absolute Gasteiger partial charge is 0.378 e. The number of imide groups is 1. The average Bonchev–Trinajstić information content (AvgIpc) is 3.98. The zero-order valence-electron chi connectivity index (χ0n) is 36.1. The Kier molecular flexibility index (Phi) is 14.7. The topological polar surface area (TPSA) is 132 Å². The van der Waals surface area contributed by atoms with Crippen LogP contribution in [0.4, 0.5) is 8.78 Å². The molecule has 3 aliphatic rings. The molecule has 12 nitrogen and oxygen atoms in total. The molecule has 3 aromatic carbocycles. The molecule has 2 fully saturated rings. The lowest BCUT2D eigenvalue weighted by Crippen LogP contribution is -2.46. The maximum Gasteiger partial charge on any atom is 0.261 e. The van der Waals surface area contributed by atoms with E-state index in [0.717, 1.165) is 52.4 Å². The Morgan fingerprint density at radius 1 is 0.651 bits per heavy atom. The number of hydrogen-bond acceptors (Lipinski definition) is 7. The zero-order valence-corrected chi connectivity index (χ0v) is 37.0. The number of hydrogen-bond donors (Lipinski definition) is 1. The minimum Gasteiger partial charge on any atom is -0.378 e. The van der Waals surface area contributed by atoms with E-state index in [4.69, 9.17) is 15.2 Å². The summed E-state index contributed by atoms with van der Waals surface area (Å²) in [7, 11) is 3.43. The third-order valence-electron chi connectivity index (χ3n) is 12.8. The average molecular weight is 885 g/mol. The van der Waals surface area contributed by atoms with Crippen molar-refractivity contribution in [1.29, 1.82) is 0 Å². The number of benzene rings is 3. The molecular weight excluding hydrogens is 830 g/mol. The van der Waals surface area contributed by atoms with E-state index >= 15 is 0 Å². The van der Waals surface area contributed by atoms with Crippen LogP contribution in [0.5, 0.6) is 0 Å². The van der Waals surface area contributed by atoms with Crippen molar-refractivity contribution >= 4 is 57.8 Å². The van der Waals surface area contributed by atoms with Crippen molar-refractivity contribution in [3.8, 4) is 0 Å². The van der Waals surface area contributed by atoms with Crippen LogP contribution in [-0.2, 0) is 22.6 Å². The predicted molar refractivity (Wildman–Crippen MR) is 241 cm³/mol. The maximum absolute atomic E-state index is 13.9. The van der Waals surface area contributed by atoms with Gasteiger partial charge in [0.15, 0.2) is 0 Å². The zero-order chi connectivity index (χ0) is 44.2. The standard InChI is InChI=1S/C28H28FN3O4.C20H26FN3O2.ClH/c1-28(36-2)10-13-30(14-11-28)25(33)21-7-8-24-20(15-21)9-12-31(24)17-19(16-29)18-32-26(34)22-5-3-4-6-23(22)27(32)35;1-20(26-2)6-9-23(10-7-20)19(25)17-3-4-18-16(11-17)5-8-24(18)14-15(12-21)13-22;/h3-9,12,15-16H,10-11,13-14,17-18H2,1-2H3;3-5,8,11-12H,6-7,9-10,13-14,22H2,1-2H3;1H/b19-16-;15-12+;. The number of carbonyl (C=O) groups is 4. The Bertz CT molecular complexity index is 2510. The molecule has 4 amide bonds. The van der Waals surface area contributed by atoms with Crippen LogP contribution in [0.3, 0.4) is 0 Å². The molecule has 2 saturated heterocycles. The minimum atomic E-state index is -0.418. The van der Waals surface area contributed by atoms with Gasteiger partial charge < -0.3 is 34.1 Å². The molecule has 0 saturated carbocycles. The molecule has 334 valence electrons. The van der Waals surface area contributed by atoms with Crippen LogP contribution in [0, 0.1) is 0 Å². The van der Waals surface area contributed by atoms with Gasteiger partial charge in [0.2, 0.25) is 0 Å². The van der Waals surface area contributed by atoms with Gasteiger partial charge in [-0.25, -0.2) is 8.78 Å². The summed E-state index contributed by atoms with van der Waals surface area (Å²) in [6.45, 7) is 7.47.